The molecule has 2 aromatic carbocycles. The van der Waals surface area contributed by atoms with E-state index in [1.165, 1.54) is 11.1 Å². The van der Waals surface area contributed by atoms with Crippen LogP contribution in [0, 0.1) is 6.92 Å². The summed E-state index contributed by atoms with van der Waals surface area (Å²) in [6.45, 7) is 4.05. The molecule has 0 radical (unpaired) electrons. The van der Waals surface area contributed by atoms with Crippen LogP contribution in [0.15, 0.2) is 42.5 Å². The molecule has 4 nitrogen and oxygen atoms in total. The van der Waals surface area contributed by atoms with Crippen LogP contribution in [0.3, 0.4) is 0 Å². The first-order chi connectivity index (χ1) is 10.5. The standard InChI is InChI=1S/C17H20N2O2S/c1-13-3-2-4-15(7-13)12-22(20,21)19-9-14-5-6-16-10-18-11-17(16)8-14/h2-8,18-19H,9-12H2,1H3. The Morgan fingerprint density at radius 2 is 1.86 bits per heavy atom. The van der Waals surface area contributed by atoms with E-state index in [4.69, 9.17) is 0 Å². The molecular formula is C17H20N2O2S. The predicted octanol–water partition coefficient (Wildman–Crippen LogP) is 2.22. The Labute approximate surface area is 131 Å². The van der Waals surface area contributed by atoms with Gasteiger partial charge in [-0.15, -0.1) is 0 Å². The van der Waals surface area contributed by atoms with Crippen LogP contribution in [0.4, 0.5) is 0 Å². The normalized spacial score (nSPS) is 14.0. The van der Waals surface area contributed by atoms with Crippen LogP contribution in [0.5, 0.6) is 0 Å². The lowest BCUT2D eigenvalue weighted by molar-refractivity contribution is 0.580. The summed E-state index contributed by atoms with van der Waals surface area (Å²) in [4.78, 5) is 0. The number of rotatable bonds is 5. The second-order valence-corrected chi connectivity index (χ2v) is 7.58. The van der Waals surface area contributed by atoms with Crippen molar-refractivity contribution in [3.63, 3.8) is 0 Å². The van der Waals surface area contributed by atoms with E-state index in [0.717, 1.165) is 29.8 Å². The van der Waals surface area contributed by atoms with Gasteiger partial charge in [-0.25, -0.2) is 13.1 Å². The predicted molar refractivity (Wildman–Crippen MR) is 87.6 cm³/mol. The van der Waals surface area contributed by atoms with Gasteiger partial charge in [0, 0.05) is 19.6 Å². The Morgan fingerprint density at radius 1 is 1.05 bits per heavy atom. The van der Waals surface area contributed by atoms with E-state index >= 15 is 0 Å². The Morgan fingerprint density at radius 3 is 2.68 bits per heavy atom. The van der Waals surface area contributed by atoms with E-state index < -0.39 is 10.0 Å². The number of aryl methyl sites for hydroxylation is 1. The van der Waals surface area contributed by atoms with Crippen molar-refractivity contribution < 1.29 is 8.42 Å². The summed E-state index contributed by atoms with van der Waals surface area (Å²) in [6, 6.07) is 13.7. The zero-order valence-electron chi connectivity index (χ0n) is 12.6. The van der Waals surface area contributed by atoms with Crippen molar-refractivity contribution in [3.8, 4) is 0 Å². The molecule has 0 unspecified atom stereocenters. The van der Waals surface area contributed by atoms with Crippen LogP contribution in [-0.4, -0.2) is 8.42 Å². The van der Waals surface area contributed by atoms with Crippen LogP contribution in [0.1, 0.15) is 27.8 Å². The molecule has 22 heavy (non-hydrogen) atoms. The average Bonchev–Trinajstić information content (AvgIpc) is 2.92. The SMILES string of the molecule is Cc1cccc(CS(=O)(=O)NCc2ccc3c(c2)CNC3)c1. The van der Waals surface area contributed by atoms with Gasteiger partial charge in [0.15, 0.2) is 0 Å². The van der Waals surface area contributed by atoms with E-state index in [1.807, 2.05) is 37.3 Å². The van der Waals surface area contributed by atoms with Gasteiger partial charge in [-0.3, -0.25) is 0 Å². The molecule has 0 saturated heterocycles. The molecule has 5 heteroatoms. The van der Waals surface area contributed by atoms with E-state index in [-0.39, 0.29) is 5.75 Å². The number of benzene rings is 2. The fourth-order valence-corrected chi connectivity index (χ4v) is 3.83. The fourth-order valence-electron chi connectivity index (χ4n) is 2.72. The first-order valence-electron chi connectivity index (χ1n) is 7.36. The van der Waals surface area contributed by atoms with Gasteiger partial charge in [0.05, 0.1) is 5.75 Å². The first kappa shape index (κ1) is 15.2. The Balaban J connectivity index is 1.65. The highest BCUT2D eigenvalue weighted by molar-refractivity contribution is 7.88. The van der Waals surface area contributed by atoms with Crippen molar-refractivity contribution >= 4 is 10.0 Å². The Bertz CT molecular complexity index is 785. The average molecular weight is 316 g/mol. The summed E-state index contributed by atoms with van der Waals surface area (Å²) in [7, 11) is -3.33. The number of hydrogen-bond donors (Lipinski definition) is 2. The minimum absolute atomic E-state index is 0.0151. The topological polar surface area (TPSA) is 58.2 Å². The number of fused-ring (bicyclic) bond motifs is 1. The van der Waals surface area contributed by atoms with Crippen LogP contribution < -0.4 is 10.0 Å². The summed E-state index contributed by atoms with van der Waals surface area (Å²) in [6.07, 6.45) is 0. The second kappa shape index (κ2) is 6.20. The van der Waals surface area contributed by atoms with Crippen LogP contribution in [0.2, 0.25) is 0 Å². The maximum atomic E-state index is 12.2. The van der Waals surface area contributed by atoms with Crippen molar-refractivity contribution in [2.45, 2.75) is 32.3 Å². The third-order valence-electron chi connectivity index (χ3n) is 3.84. The van der Waals surface area contributed by atoms with Crippen LogP contribution >= 0.6 is 0 Å². The van der Waals surface area contributed by atoms with E-state index in [0.29, 0.717) is 6.54 Å². The maximum absolute atomic E-state index is 12.2. The molecule has 0 spiro atoms. The molecule has 0 fully saturated rings. The maximum Gasteiger partial charge on any atom is 0.216 e. The van der Waals surface area contributed by atoms with Gasteiger partial charge in [-0.1, -0.05) is 48.0 Å². The van der Waals surface area contributed by atoms with Gasteiger partial charge >= 0.3 is 0 Å². The molecule has 2 N–H and O–H groups in total. The number of hydrogen-bond acceptors (Lipinski definition) is 3. The van der Waals surface area contributed by atoms with Crippen molar-refractivity contribution in [1.29, 1.82) is 0 Å². The van der Waals surface area contributed by atoms with Crippen molar-refractivity contribution in [2.75, 3.05) is 0 Å². The quantitative estimate of drug-likeness (QED) is 0.889. The summed E-state index contributed by atoms with van der Waals surface area (Å²) >= 11 is 0. The molecule has 0 saturated carbocycles. The summed E-state index contributed by atoms with van der Waals surface area (Å²) in [5.74, 6) is 0.0151. The molecule has 0 atom stereocenters. The molecule has 2 aromatic rings. The molecule has 3 rings (SSSR count). The molecule has 0 aliphatic carbocycles. The highest BCUT2D eigenvalue weighted by atomic mass is 32.2. The van der Waals surface area contributed by atoms with Gasteiger partial charge in [-0.05, 0) is 29.2 Å². The Hall–Kier alpha value is -1.69. The number of sulfonamides is 1. The zero-order valence-corrected chi connectivity index (χ0v) is 13.4. The summed E-state index contributed by atoms with van der Waals surface area (Å²) < 4.78 is 27.1. The Kier molecular flexibility index (Phi) is 4.29. The third-order valence-corrected chi connectivity index (χ3v) is 5.13. The fraction of sp³-hybridized carbons (Fsp3) is 0.294. The number of nitrogens with one attached hydrogen (secondary N) is 2. The molecule has 0 amide bonds. The summed E-state index contributed by atoms with van der Waals surface area (Å²) in [5.41, 5.74) is 5.43. The smallest absolute Gasteiger partial charge is 0.216 e. The molecule has 1 heterocycles. The lowest BCUT2D eigenvalue weighted by Crippen LogP contribution is -2.24. The van der Waals surface area contributed by atoms with Crippen LogP contribution in [0.25, 0.3) is 0 Å². The minimum Gasteiger partial charge on any atom is -0.309 e. The molecule has 0 aromatic heterocycles. The molecule has 1 aliphatic rings. The monoisotopic (exact) mass is 316 g/mol. The van der Waals surface area contributed by atoms with E-state index in [1.54, 1.807) is 0 Å². The highest BCUT2D eigenvalue weighted by Gasteiger charge is 2.13. The van der Waals surface area contributed by atoms with Gasteiger partial charge in [0.1, 0.15) is 0 Å². The molecular weight excluding hydrogens is 296 g/mol. The zero-order chi connectivity index (χ0) is 15.6. The van der Waals surface area contributed by atoms with Crippen molar-refractivity contribution in [2.24, 2.45) is 0 Å². The van der Waals surface area contributed by atoms with Gasteiger partial charge < -0.3 is 5.32 Å². The minimum atomic E-state index is -3.33. The first-order valence-corrected chi connectivity index (χ1v) is 9.01. The third kappa shape index (κ3) is 3.74. The van der Waals surface area contributed by atoms with Crippen molar-refractivity contribution in [3.05, 3.63) is 70.3 Å². The van der Waals surface area contributed by atoms with Gasteiger partial charge in [0.25, 0.3) is 0 Å². The van der Waals surface area contributed by atoms with E-state index in [2.05, 4.69) is 22.2 Å². The lowest BCUT2D eigenvalue weighted by Gasteiger charge is -2.09. The van der Waals surface area contributed by atoms with Gasteiger partial charge in [-0.2, -0.15) is 0 Å². The lowest BCUT2D eigenvalue weighted by atomic mass is 10.1. The van der Waals surface area contributed by atoms with Gasteiger partial charge in [0.2, 0.25) is 10.0 Å². The van der Waals surface area contributed by atoms with Crippen LogP contribution in [-0.2, 0) is 35.4 Å². The molecule has 0 bridgehead atoms. The summed E-state index contributed by atoms with van der Waals surface area (Å²) in [5, 5.41) is 3.29. The second-order valence-electron chi connectivity index (χ2n) is 5.78. The largest absolute Gasteiger partial charge is 0.309 e. The molecule has 116 valence electrons. The van der Waals surface area contributed by atoms with E-state index in [9.17, 15) is 8.42 Å². The van der Waals surface area contributed by atoms with Crippen molar-refractivity contribution in [1.82, 2.24) is 10.0 Å². The highest BCUT2D eigenvalue weighted by Crippen LogP contribution is 2.17. The molecule has 1 aliphatic heterocycles.